The van der Waals surface area contributed by atoms with Crippen LogP contribution >= 0.6 is 11.8 Å². The van der Waals surface area contributed by atoms with Gasteiger partial charge >= 0.3 is 0 Å². The van der Waals surface area contributed by atoms with Gasteiger partial charge in [0.1, 0.15) is 6.61 Å². The van der Waals surface area contributed by atoms with Crippen LogP contribution in [0, 0.1) is 17.0 Å². The van der Waals surface area contributed by atoms with Crippen LogP contribution in [0.4, 0.5) is 5.69 Å². The molecule has 0 saturated heterocycles. The summed E-state index contributed by atoms with van der Waals surface area (Å²) in [6, 6.07) is 5.48. The molecular formula is C14H16N4O3S. The molecular weight excluding hydrogens is 304 g/mol. The summed E-state index contributed by atoms with van der Waals surface area (Å²) in [6.45, 7) is 1.64. The summed E-state index contributed by atoms with van der Waals surface area (Å²) in [4.78, 5) is 10.6. The van der Waals surface area contributed by atoms with Gasteiger partial charge in [-0.15, -0.1) is 10.2 Å². The van der Waals surface area contributed by atoms with E-state index in [0.29, 0.717) is 23.2 Å². The Morgan fingerprint density at radius 3 is 2.86 bits per heavy atom. The fraction of sp³-hybridized carbons (Fsp3) is 0.429. The Morgan fingerprint density at radius 2 is 2.23 bits per heavy atom. The van der Waals surface area contributed by atoms with E-state index in [1.807, 2.05) is 10.6 Å². The summed E-state index contributed by atoms with van der Waals surface area (Å²) < 4.78 is 1.98. The molecule has 0 bridgehead atoms. The first kappa shape index (κ1) is 15.0. The van der Waals surface area contributed by atoms with E-state index in [2.05, 4.69) is 10.2 Å². The highest BCUT2D eigenvalue weighted by Gasteiger charge is 2.29. The fourth-order valence-corrected chi connectivity index (χ4v) is 3.47. The van der Waals surface area contributed by atoms with Gasteiger partial charge in [0.05, 0.1) is 4.92 Å². The highest BCUT2D eigenvalue weighted by atomic mass is 32.2. The largest absolute Gasteiger partial charge is 0.388 e. The molecule has 2 aromatic rings. The van der Waals surface area contributed by atoms with E-state index in [4.69, 9.17) is 0 Å². The molecule has 1 aromatic carbocycles. The molecule has 1 aliphatic rings. The Kier molecular flexibility index (Phi) is 4.12. The number of benzene rings is 1. The molecule has 8 heteroatoms. The third-order valence-corrected chi connectivity index (χ3v) is 4.75. The van der Waals surface area contributed by atoms with Crippen molar-refractivity contribution in [2.75, 3.05) is 0 Å². The van der Waals surface area contributed by atoms with Gasteiger partial charge in [0, 0.05) is 23.4 Å². The van der Waals surface area contributed by atoms with E-state index in [1.165, 1.54) is 17.8 Å². The Balaban J connectivity index is 1.80. The number of hydrogen-bond donors (Lipinski definition) is 1. The summed E-state index contributed by atoms with van der Waals surface area (Å²) in [7, 11) is 0. The molecule has 1 aromatic heterocycles. The van der Waals surface area contributed by atoms with Crippen molar-refractivity contribution in [3.63, 3.8) is 0 Å². The first-order valence-electron chi connectivity index (χ1n) is 7.02. The molecule has 1 saturated carbocycles. The van der Waals surface area contributed by atoms with Crippen LogP contribution in [0.1, 0.15) is 35.8 Å². The van der Waals surface area contributed by atoms with Crippen molar-refractivity contribution in [1.82, 2.24) is 14.8 Å². The van der Waals surface area contributed by atoms with Gasteiger partial charge in [0.15, 0.2) is 11.0 Å². The van der Waals surface area contributed by atoms with Crippen molar-refractivity contribution < 1.29 is 10.0 Å². The number of nitro benzene ring substituents is 1. The fourth-order valence-electron chi connectivity index (χ4n) is 2.38. The molecule has 116 valence electrons. The lowest BCUT2D eigenvalue weighted by atomic mass is 10.1. The second-order valence-electron chi connectivity index (χ2n) is 5.27. The zero-order valence-electron chi connectivity index (χ0n) is 12.1. The summed E-state index contributed by atoms with van der Waals surface area (Å²) in [6.07, 6.45) is 2.16. The quantitative estimate of drug-likeness (QED) is 0.499. The minimum atomic E-state index is -0.361. The summed E-state index contributed by atoms with van der Waals surface area (Å²) in [5.41, 5.74) is 1.73. The van der Waals surface area contributed by atoms with Gasteiger partial charge in [-0.05, 0) is 25.3 Å². The second-order valence-corrected chi connectivity index (χ2v) is 6.21. The zero-order valence-corrected chi connectivity index (χ0v) is 12.9. The van der Waals surface area contributed by atoms with Crippen molar-refractivity contribution in [3.05, 3.63) is 45.3 Å². The van der Waals surface area contributed by atoms with Gasteiger partial charge in [-0.2, -0.15) is 0 Å². The van der Waals surface area contributed by atoms with Crippen LogP contribution in [0.25, 0.3) is 0 Å². The lowest BCUT2D eigenvalue weighted by molar-refractivity contribution is -0.385. The van der Waals surface area contributed by atoms with Gasteiger partial charge in [0.25, 0.3) is 5.69 Å². The third kappa shape index (κ3) is 2.84. The predicted molar refractivity (Wildman–Crippen MR) is 81.6 cm³/mol. The van der Waals surface area contributed by atoms with E-state index in [0.717, 1.165) is 23.6 Å². The second kappa shape index (κ2) is 6.05. The molecule has 1 heterocycles. The normalized spacial score (nSPS) is 14.3. The molecule has 1 fully saturated rings. The lowest BCUT2D eigenvalue weighted by Gasteiger charge is -2.08. The Hall–Kier alpha value is -1.93. The maximum Gasteiger partial charge on any atom is 0.272 e. The topological polar surface area (TPSA) is 94.1 Å². The molecule has 22 heavy (non-hydrogen) atoms. The number of nitrogens with zero attached hydrogens (tertiary/aromatic N) is 4. The maximum atomic E-state index is 11.0. The van der Waals surface area contributed by atoms with Crippen LogP contribution in [-0.2, 0) is 12.4 Å². The number of rotatable bonds is 6. The molecule has 3 rings (SSSR count). The summed E-state index contributed by atoms with van der Waals surface area (Å²) in [5, 5.41) is 29.2. The molecule has 1 N–H and O–H groups in total. The van der Waals surface area contributed by atoms with Gasteiger partial charge < -0.3 is 9.67 Å². The van der Waals surface area contributed by atoms with E-state index < -0.39 is 0 Å². The molecule has 0 radical (unpaired) electrons. The number of thioether (sulfide) groups is 1. The Labute approximate surface area is 131 Å². The number of nitro groups is 1. The standard InChI is InChI=1S/C14H16N4O3S/c1-9-10(3-2-4-12(9)18(20)21)8-22-14-16-15-13(7-19)17(14)11-5-6-11/h2-4,11,19H,5-8H2,1H3. The summed E-state index contributed by atoms with van der Waals surface area (Å²) >= 11 is 1.49. The third-order valence-electron chi connectivity index (χ3n) is 3.76. The molecule has 0 spiro atoms. The van der Waals surface area contributed by atoms with E-state index in [-0.39, 0.29) is 17.2 Å². The van der Waals surface area contributed by atoms with E-state index >= 15 is 0 Å². The highest BCUT2D eigenvalue weighted by molar-refractivity contribution is 7.98. The molecule has 0 atom stereocenters. The van der Waals surface area contributed by atoms with Crippen molar-refractivity contribution in [2.45, 2.75) is 43.3 Å². The summed E-state index contributed by atoms with van der Waals surface area (Å²) in [5.74, 6) is 1.17. The first-order valence-corrected chi connectivity index (χ1v) is 8.00. The van der Waals surface area contributed by atoms with Crippen molar-refractivity contribution in [1.29, 1.82) is 0 Å². The average Bonchev–Trinajstić information content (AvgIpc) is 3.26. The van der Waals surface area contributed by atoms with Crippen LogP contribution < -0.4 is 0 Å². The number of aliphatic hydroxyl groups is 1. The van der Waals surface area contributed by atoms with Crippen LogP contribution in [0.3, 0.4) is 0 Å². The van der Waals surface area contributed by atoms with Crippen LogP contribution in [0.5, 0.6) is 0 Å². The van der Waals surface area contributed by atoms with Crippen molar-refractivity contribution in [2.24, 2.45) is 0 Å². The van der Waals surface area contributed by atoms with Crippen LogP contribution in [0.2, 0.25) is 0 Å². The SMILES string of the molecule is Cc1c(CSc2nnc(CO)n2C2CC2)cccc1[N+](=O)[O-]. The van der Waals surface area contributed by atoms with Crippen LogP contribution in [-0.4, -0.2) is 24.8 Å². The predicted octanol–water partition coefficient (Wildman–Crippen LogP) is 2.61. The molecule has 7 nitrogen and oxygen atoms in total. The number of hydrogen-bond acceptors (Lipinski definition) is 6. The number of aliphatic hydroxyl groups excluding tert-OH is 1. The minimum Gasteiger partial charge on any atom is -0.388 e. The zero-order chi connectivity index (χ0) is 15.7. The molecule has 0 unspecified atom stereocenters. The van der Waals surface area contributed by atoms with Crippen LogP contribution in [0.15, 0.2) is 23.4 Å². The first-order chi connectivity index (χ1) is 10.6. The smallest absolute Gasteiger partial charge is 0.272 e. The molecule has 0 amide bonds. The minimum absolute atomic E-state index is 0.125. The van der Waals surface area contributed by atoms with Crippen molar-refractivity contribution >= 4 is 17.4 Å². The number of aromatic nitrogens is 3. The van der Waals surface area contributed by atoms with Crippen molar-refractivity contribution in [3.8, 4) is 0 Å². The maximum absolute atomic E-state index is 11.0. The van der Waals surface area contributed by atoms with Gasteiger partial charge in [-0.25, -0.2) is 0 Å². The van der Waals surface area contributed by atoms with Gasteiger partial charge in [0.2, 0.25) is 0 Å². The average molecular weight is 320 g/mol. The van der Waals surface area contributed by atoms with Gasteiger partial charge in [-0.1, -0.05) is 23.9 Å². The van der Waals surface area contributed by atoms with E-state index in [9.17, 15) is 15.2 Å². The van der Waals surface area contributed by atoms with Gasteiger partial charge in [-0.3, -0.25) is 10.1 Å². The lowest BCUT2D eigenvalue weighted by Crippen LogP contribution is -2.03. The Bertz CT molecular complexity index is 712. The molecule has 0 aliphatic heterocycles. The molecule has 1 aliphatic carbocycles. The van der Waals surface area contributed by atoms with E-state index in [1.54, 1.807) is 13.0 Å². The highest BCUT2D eigenvalue weighted by Crippen LogP contribution is 2.39. The monoisotopic (exact) mass is 320 g/mol. The Morgan fingerprint density at radius 1 is 1.45 bits per heavy atom.